The van der Waals surface area contributed by atoms with E-state index in [-0.39, 0.29) is 35.5 Å². The summed E-state index contributed by atoms with van der Waals surface area (Å²) < 4.78 is 0. The van der Waals surface area contributed by atoms with Gasteiger partial charge in [-0.25, -0.2) is 0 Å². The van der Waals surface area contributed by atoms with E-state index < -0.39 is 5.97 Å². The Morgan fingerprint density at radius 3 is 2.16 bits per heavy atom. The molecule has 0 saturated carbocycles. The summed E-state index contributed by atoms with van der Waals surface area (Å²) in [6.07, 6.45) is 0. The molecule has 7 heteroatoms. The van der Waals surface area contributed by atoms with Gasteiger partial charge in [0, 0.05) is 35.1 Å². The first-order valence-corrected chi connectivity index (χ1v) is 9.54. The van der Waals surface area contributed by atoms with Gasteiger partial charge in [0.25, 0.3) is 0 Å². The van der Waals surface area contributed by atoms with Gasteiger partial charge >= 0.3 is 5.97 Å². The standard InChI is InChI=1S/C24H23N3O3.Ni/c28-22(16-25-15-18-9-3-1-4-10-18)27-21-14-8-7-13-20(21)24(26-17-23(29)30)19-11-5-2-6-12-19;/h1-14,25H,15-17H2,(H2,26,27,28,29,30);/p-1. The molecule has 0 aromatic heterocycles. The summed E-state index contributed by atoms with van der Waals surface area (Å²) in [5.74, 6) is -1.34. The van der Waals surface area contributed by atoms with Gasteiger partial charge in [0.05, 0.1) is 11.6 Å². The Hall–Kier alpha value is -3.28. The van der Waals surface area contributed by atoms with Crippen LogP contribution in [0.15, 0.2) is 89.9 Å². The van der Waals surface area contributed by atoms with Crippen LogP contribution in [0.5, 0.6) is 0 Å². The summed E-state index contributed by atoms with van der Waals surface area (Å²) in [4.78, 5) is 27.8. The van der Waals surface area contributed by atoms with Crippen LogP contribution in [-0.4, -0.2) is 35.8 Å². The van der Waals surface area contributed by atoms with Gasteiger partial charge in [-0.3, -0.25) is 9.79 Å². The molecule has 0 unspecified atom stereocenters. The fraction of sp³-hybridized carbons (Fsp3) is 0.125. The van der Waals surface area contributed by atoms with Gasteiger partial charge in [-0.1, -0.05) is 84.9 Å². The van der Waals surface area contributed by atoms with Crippen molar-refractivity contribution in [3.8, 4) is 0 Å². The molecule has 0 fully saturated rings. The first kappa shape index (κ1) is 24.0. The Morgan fingerprint density at radius 2 is 1.48 bits per heavy atom. The minimum Gasteiger partial charge on any atom is -0.625 e. The summed E-state index contributed by atoms with van der Waals surface area (Å²) in [5, 5.41) is 16.4. The zero-order valence-corrected chi connectivity index (χ0v) is 17.7. The van der Waals surface area contributed by atoms with Crippen molar-refractivity contribution in [1.29, 1.82) is 0 Å². The van der Waals surface area contributed by atoms with E-state index in [9.17, 15) is 9.59 Å². The molecule has 1 amide bonds. The molecule has 0 aliphatic carbocycles. The number of carboxylic acid groups (broad SMARTS) is 1. The minimum atomic E-state index is -1.03. The summed E-state index contributed by atoms with van der Waals surface area (Å²) in [5.41, 5.74) is 3.40. The maximum Gasteiger partial charge on any atom is 0.325 e. The monoisotopic (exact) mass is 458 g/mol. The predicted octanol–water partition coefficient (Wildman–Crippen LogP) is 3.93. The number of para-hydroxylation sites is 1. The van der Waals surface area contributed by atoms with Crippen LogP contribution < -0.4 is 5.32 Å². The summed E-state index contributed by atoms with van der Waals surface area (Å²) in [6, 6.07) is 26.2. The van der Waals surface area contributed by atoms with Crippen molar-refractivity contribution < 1.29 is 31.2 Å². The van der Waals surface area contributed by atoms with Crippen LogP contribution >= 0.6 is 0 Å². The molecule has 0 aliphatic heterocycles. The van der Waals surface area contributed by atoms with Gasteiger partial charge in [-0.2, -0.15) is 0 Å². The summed E-state index contributed by atoms with van der Waals surface area (Å²) >= 11 is 0. The fourth-order valence-corrected chi connectivity index (χ4v) is 2.93. The van der Waals surface area contributed by atoms with E-state index in [1.165, 1.54) is 0 Å². The Balaban J connectivity index is 0.00000341. The molecule has 0 saturated heterocycles. The molecule has 2 N–H and O–H groups in total. The molecular formula is C24H22N3NiO3-. The smallest absolute Gasteiger partial charge is 0.325 e. The van der Waals surface area contributed by atoms with E-state index in [2.05, 4.69) is 15.6 Å². The number of carbonyl (C=O) groups is 2. The van der Waals surface area contributed by atoms with E-state index in [4.69, 9.17) is 5.11 Å². The Morgan fingerprint density at radius 1 is 0.871 bits per heavy atom. The molecule has 3 aromatic carbocycles. The number of rotatable bonds is 9. The average molecular weight is 459 g/mol. The number of nitrogens with one attached hydrogen (secondary N) is 1. The Bertz CT molecular complexity index is 1020. The maximum absolute atomic E-state index is 12.4. The number of aliphatic carboxylic acids is 1. The van der Waals surface area contributed by atoms with Gasteiger partial charge in [0.15, 0.2) is 0 Å². The number of hydrogen-bond donors (Lipinski definition) is 2. The van der Waals surface area contributed by atoms with E-state index in [1.807, 2.05) is 66.7 Å². The van der Waals surface area contributed by atoms with E-state index >= 15 is 0 Å². The minimum absolute atomic E-state index is 0. The number of carbonyl (C=O) groups excluding carboxylic acids is 1. The van der Waals surface area contributed by atoms with Crippen LogP contribution in [-0.2, 0) is 32.6 Å². The van der Waals surface area contributed by atoms with Crippen molar-refractivity contribution in [3.05, 3.63) is 107 Å². The van der Waals surface area contributed by atoms with Gasteiger partial charge in [0.2, 0.25) is 0 Å². The van der Waals surface area contributed by atoms with Crippen molar-refractivity contribution in [2.45, 2.75) is 6.54 Å². The van der Waals surface area contributed by atoms with Crippen molar-refractivity contribution in [2.24, 2.45) is 4.99 Å². The molecular weight excluding hydrogens is 437 g/mol. The first-order chi connectivity index (χ1) is 14.6. The molecule has 0 bridgehead atoms. The first-order valence-electron chi connectivity index (χ1n) is 9.54. The molecule has 162 valence electrons. The molecule has 0 atom stereocenters. The quantitative estimate of drug-likeness (QED) is 0.375. The number of carboxylic acids is 1. The van der Waals surface area contributed by atoms with Crippen LogP contribution in [0.1, 0.15) is 16.7 Å². The zero-order chi connectivity index (χ0) is 21.2. The van der Waals surface area contributed by atoms with Crippen LogP contribution in [0.4, 0.5) is 5.69 Å². The van der Waals surface area contributed by atoms with Crippen molar-refractivity contribution in [3.63, 3.8) is 0 Å². The molecule has 31 heavy (non-hydrogen) atoms. The molecule has 3 rings (SSSR count). The van der Waals surface area contributed by atoms with E-state index in [0.29, 0.717) is 23.5 Å². The number of aliphatic imine (C=N–C) groups is 1. The Labute approximate surface area is 191 Å². The summed E-state index contributed by atoms with van der Waals surface area (Å²) in [6.45, 7) is 0.292. The molecule has 3 aromatic rings. The third-order valence-corrected chi connectivity index (χ3v) is 4.27. The van der Waals surface area contributed by atoms with E-state index in [0.717, 1.165) is 11.1 Å². The number of benzene rings is 3. The molecule has 0 spiro atoms. The second kappa shape index (κ2) is 12.4. The third kappa shape index (κ3) is 7.48. The van der Waals surface area contributed by atoms with Crippen LogP contribution in [0.25, 0.3) is 5.32 Å². The number of hydrogen-bond acceptors (Lipinski definition) is 4. The topological polar surface area (TPSA) is 92.9 Å². The largest absolute Gasteiger partial charge is 0.625 e. The molecule has 6 nitrogen and oxygen atoms in total. The fourth-order valence-electron chi connectivity index (χ4n) is 2.93. The molecule has 0 heterocycles. The van der Waals surface area contributed by atoms with Gasteiger partial charge in [0.1, 0.15) is 6.54 Å². The van der Waals surface area contributed by atoms with Gasteiger partial charge in [-0.15, -0.1) is 5.69 Å². The van der Waals surface area contributed by atoms with Gasteiger partial charge < -0.3 is 20.5 Å². The van der Waals surface area contributed by atoms with E-state index in [1.54, 1.807) is 18.2 Å². The third-order valence-electron chi connectivity index (χ3n) is 4.27. The molecule has 0 radical (unpaired) electrons. The number of amides is 1. The summed E-state index contributed by atoms with van der Waals surface area (Å²) in [7, 11) is 0. The van der Waals surface area contributed by atoms with Crippen LogP contribution in [0, 0.1) is 0 Å². The zero-order valence-electron chi connectivity index (χ0n) is 16.7. The average Bonchev–Trinajstić information content (AvgIpc) is 2.76. The maximum atomic E-state index is 12.4. The number of nitrogens with zero attached hydrogens (tertiary/aromatic N) is 2. The normalized spacial score (nSPS) is 10.8. The van der Waals surface area contributed by atoms with Crippen molar-refractivity contribution in [2.75, 3.05) is 13.1 Å². The predicted molar refractivity (Wildman–Crippen MR) is 117 cm³/mol. The Kier molecular flexibility index (Phi) is 9.62. The van der Waals surface area contributed by atoms with Crippen molar-refractivity contribution in [1.82, 2.24) is 5.32 Å². The van der Waals surface area contributed by atoms with Gasteiger partial charge in [-0.05, 0) is 11.1 Å². The van der Waals surface area contributed by atoms with Crippen LogP contribution in [0.2, 0.25) is 0 Å². The molecule has 0 aliphatic rings. The van der Waals surface area contributed by atoms with Crippen molar-refractivity contribution >= 4 is 23.3 Å². The SMILES string of the molecule is O=C(O)CN=C(c1ccccc1)c1ccccc1[N-]C(=O)CNCc1ccccc1.[Ni]. The second-order valence-corrected chi connectivity index (χ2v) is 6.54. The van der Waals surface area contributed by atoms with Crippen LogP contribution in [0.3, 0.4) is 0 Å². The second-order valence-electron chi connectivity index (χ2n) is 6.54.